The number of hydrogen-bond donors (Lipinski definition) is 1. The minimum Gasteiger partial charge on any atom is -0.366 e. The largest absolute Gasteiger partial charge is 0.366 e. The number of carbonyl (C=O) groups is 1. The summed E-state index contributed by atoms with van der Waals surface area (Å²) >= 11 is 0.714. The molecule has 11 nitrogen and oxygen atoms in total. The van der Waals surface area contributed by atoms with Crippen LogP contribution < -0.4 is 9.62 Å². The second kappa shape index (κ2) is 9.77. The molecule has 0 bridgehead atoms. The van der Waals surface area contributed by atoms with Crippen LogP contribution in [0.4, 0.5) is 14.5 Å². The van der Waals surface area contributed by atoms with Gasteiger partial charge in [0.25, 0.3) is 6.43 Å². The number of fused-ring (bicyclic) bond motifs is 1. The summed E-state index contributed by atoms with van der Waals surface area (Å²) in [6, 6.07) is 1.61. The third kappa shape index (κ3) is 4.99. The molecule has 5 rings (SSSR count). The number of nitrogens with zero attached hydrogens (tertiary/aromatic N) is 7. The van der Waals surface area contributed by atoms with Crippen molar-refractivity contribution < 1.29 is 22.0 Å². The summed E-state index contributed by atoms with van der Waals surface area (Å²) in [5.74, 6) is 0.194. The normalized spacial score (nSPS) is 18.5. The Kier molecular flexibility index (Phi) is 6.90. The van der Waals surface area contributed by atoms with E-state index in [0.29, 0.717) is 61.8 Å². The van der Waals surface area contributed by atoms with Crippen LogP contribution in [0.5, 0.6) is 0 Å². The SMILES string of the molecule is CC(C)C(=O)N1CCN(c2cc(S(=O)(=O)NC3(C)CN(C)C3)cn3c(-c4nnc(C(F)F)s4)ncc23)CC1. The van der Waals surface area contributed by atoms with E-state index in [1.165, 1.54) is 6.20 Å². The van der Waals surface area contributed by atoms with Gasteiger partial charge in [-0.3, -0.25) is 9.20 Å². The number of nitrogens with one attached hydrogen (secondary N) is 1. The maximum Gasteiger partial charge on any atom is 0.291 e. The molecule has 0 spiro atoms. The number of pyridine rings is 1. The molecule has 1 N–H and O–H groups in total. The predicted molar refractivity (Wildman–Crippen MR) is 139 cm³/mol. The summed E-state index contributed by atoms with van der Waals surface area (Å²) in [7, 11) is -2.03. The quantitative estimate of drug-likeness (QED) is 0.461. The van der Waals surface area contributed by atoms with E-state index in [9.17, 15) is 22.0 Å². The Hall–Kier alpha value is -2.75. The molecule has 3 aromatic rings. The molecule has 2 fully saturated rings. The minimum absolute atomic E-state index is 0.0225. The van der Waals surface area contributed by atoms with E-state index in [4.69, 9.17) is 0 Å². The molecular weight excluding hydrogens is 538 g/mol. The average Bonchev–Trinajstić information content (AvgIpc) is 3.49. The number of imidazole rings is 1. The highest BCUT2D eigenvalue weighted by Gasteiger charge is 2.40. The van der Waals surface area contributed by atoms with E-state index < -0.39 is 27.0 Å². The Morgan fingerprint density at radius 2 is 1.84 bits per heavy atom. The van der Waals surface area contributed by atoms with Gasteiger partial charge in [-0.05, 0) is 20.0 Å². The molecular formula is C23H30F2N8O3S2. The van der Waals surface area contributed by atoms with Crippen LogP contribution in [0.2, 0.25) is 0 Å². The number of carbonyl (C=O) groups excluding carboxylic acids is 1. The van der Waals surface area contributed by atoms with Gasteiger partial charge in [-0.1, -0.05) is 25.2 Å². The summed E-state index contributed by atoms with van der Waals surface area (Å²) in [6.45, 7) is 8.72. The van der Waals surface area contributed by atoms with E-state index in [0.717, 1.165) is 0 Å². The van der Waals surface area contributed by atoms with Crippen LogP contribution >= 0.6 is 11.3 Å². The van der Waals surface area contributed by atoms with Crippen LogP contribution in [0.1, 0.15) is 32.2 Å². The zero-order valence-electron chi connectivity index (χ0n) is 21.6. The first kappa shape index (κ1) is 26.8. The van der Waals surface area contributed by atoms with Crippen LogP contribution in [0.15, 0.2) is 23.4 Å². The van der Waals surface area contributed by atoms with Gasteiger partial charge in [-0.15, -0.1) is 10.2 Å². The van der Waals surface area contributed by atoms with Crippen molar-refractivity contribution in [1.82, 2.24) is 34.1 Å². The number of amides is 1. The summed E-state index contributed by atoms with van der Waals surface area (Å²) in [4.78, 5) is 22.7. The van der Waals surface area contributed by atoms with Crippen molar-refractivity contribution in [2.45, 2.75) is 37.6 Å². The van der Waals surface area contributed by atoms with Crippen LogP contribution in [-0.4, -0.2) is 95.6 Å². The van der Waals surface area contributed by atoms with Crippen LogP contribution in [0.25, 0.3) is 16.3 Å². The zero-order chi connectivity index (χ0) is 27.4. The molecule has 3 aromatic heterocycles. The number of sulfonamides is 1. The highest BCUT2D eigenvalue weighted by molar-refractivity contribution is 7.89. The number of likely N-dealkylation sites (tertiary alicyclic amines) is 1. The molecule has 38 heavy (non-hydrogen) atoms. The van der Waals surface area contributed by atoms with E-state index in [1.807, 2.05) is 42.5 Å². The predicted octanol–water partition coefficient (Wildman–Crippen LogP) is 2.08. The lowest BCUT2D eigenvalue weighted by atomic mass is 9.95. The second-order valence-electron chi connectivity index (χ2n) is 10.4. The fourth-order valence-electron chi connectivity index (χ4n) is 5.15. The van der Waals surface area contributed by atoms with Crippen molar-refractivity contribution in [3.05, 3.63) is 23.5 Å². The smallest absolute Gasteiger partial charge is 0.291 e. The highest BCUT2D eigenvalue weighted by Crippen LogP contribution is 2.34. The Bertz CT molecular complexity index is 1460. The fraction of sp³-hybridized carbons (Fsp3) is 0.565. The monoisotopic (exact) mass is 568 g/mol. The van der Waals surface area contributed by atoms with Gasteiger partial charge < -0.3 is 14.7 Å². The van der Waals surface area contributed by atoms with Gasteiger partial charge in [0.05, 0.1) is 22.9 Å². The van der Waals surface area contributed by atoms with Gasteiger partial charge in [0.1, 0.15) is 4.90 Å². The van der Waals surface area contributed by atoms with E-state index >= 15 is 0 Å². The first-order valence-corrected chi connectivity index (χ1v) is 14.6. The first-order chi connectivity index (χ1) is 17.9. The topological polar surface area (TPSA) is 116 Å². The molecule has 2 aliphatic rings. The fourth-order valence-corrected chi connectivity index (χ4v) is 7.25. The summed E-state index contributed by atoms with van der Waals surface area (Å²) in [6.07, 6.45) is 0.248. The Balaban J connectivity index is 1.56. The van der Waals surface area contributed by atoms with Gasteiger partial charge in [0, 0.05) is 51.4 Å². The lowest BCUT2D eigenvalue weighted by Crippen LogP contribution is -2.67. The van der Waals surface area contributed by atoms with Gasteiger partial charge >= 0.3 is 0 Å². The molecule has 0 atom stereocenters. The number of anilines is 1. The number of alkyl halides is 2. The number of hydrogen-bond acceptors (Lipinski definition) is 9. The maximum atomic E-state index is 13.5. The summed E-state index contributed by atoms with van der Waals surface area (Å²) in [5, 5.41) is 7.16. The van der Waals surface area contributed by atoms with Crippen molar-refractivity contribution >= 4 is 38.5 Å². The van der Waals surface area contributed by atoms with Crippen molar-refractivity contribution in [2.75, 3.05) is 51.2 Å². The zero-order valence-corrected chi connectivity index (χ0v) is 23.2. The number of rotatable bonds is 7. The second-order valence-corrected chi connectivity index (χ2v) is 13.1. The average molecular weight is 569 g/mol. The number of halogens is 2. The Morgan fingerprint density at radius 1 is 1.16 bits per heavy atom. The van der Waals surface area contributed by atoms with Crippen LogP contribution in [-0.2, 0) is 14.8 Å². The molecule has 0 aliphatic carbocycles. The summed E-state index contributed by atoms with van der Waals surface area (Å²) < 4.78 is 57.8. The molecule has 0 aromatic carbocycles. The summed E-state index contributed by atoms with van der Waals surface area (Å²) in [5.41, 5.74) is 0.623. The number of piperazine rings is 1. The van der Waals surface area contributed by atoms with Gasteiger partial charge in [0.2, 0.25) is 15.9 Å². The van der Waals surface area contributed by atoms with Crippen LogP contribution in [0, 0.1) is 5.92 Å². The Labute approximate surface area is 223 Å². The van der Waals surface area contributed by atoms with Crippen molar-refractivity contribution in [3.8, 4) is 10.8 Å². The third-order valence-corrected chi connectivity index (χ3v) is 9.30. The lowest BCUT2D eigenvalue weighted by Gasteiger charge is -2.46. The molecule has 0 radical (unpaired) electrons. The standard InChI is InChI=1S/C23H30F2N8O3S2/c1-14(2)22(34)32-7-5-31(6-8-32)16-9-15(38(35,36)29-23(3)12-30(4)13-23)11-33-17(16)10-26-19(33)21-28-27-20(37-21)18(24)25/h9-11,14,18,29H,5-8,12-13H2,1-4H3. The molecule has 0 saturated carbocycles. The van der Waals surface area contributed by atoms with Crippen molar-refractivity contribution in [3.63, 3.8) is 0 Å². The van der Waals surface area contributed by atoms with Crippen molar-refractivity contribution in [2.24, 2.45) is 5.92 Å². The first-order valence-electron chi connectivity index (χ1n) is 12.3. The molecule has 2 aliphatic heterocycles. The van der Waals surface area contributed by atoms with E-state index in [1.54, 1.807) is 16.7 Å². The van der Waals surface area contributed by atoms with E-state index in [2.05, 4.69) is 19.9 Å². The molecule has 5 heterocycles. The molecule has 1 amide bonds. The number of likely N-dealkylation sites (N-methyl/N-ethyl adjacent to an activating group) is 1. The third-order valence-electron chi connectivity index (χ3n) is 6.77. The lowest BCUT2D eigenvalue weighted by molar-refractivity contribution is -0.134. The van der Waals surface area contributed by atoms with Gasteiger partial charge in [-0.2, -0.15) is 0 Å². The Morgan fingerprint density at radius 3 is 2.42 bits per heavy atom. The highest BCUT2D eigenvalue weighted by atomic mass is 32.2. The van der Waals surface area contributed by atoms with Crippen LogP contribution in [0.3, 0.4) is 0 Å². The van der Waals surface area contributed by atoms with Gasteiger partial charge in [0.15, 0.2) is 15.8 Å². The maximum absolute atomic E-state index is 13.5. The molecule has 206 valence electrons. The molecule has 0 unspecified atom stereocenters. The number of aromatic nitrogens is 4. The van der Waals surface area contributed by atoms with Gasteiger partial charge in [-0.25, -0.2) is 26.9 Å². The van der Waals surface area contributed by atoms with Crippen molar-refractivity contribution in [1.29, 1.82) is 0 Å². The molecule has 15 heteroatoms. The van der Waals surface area contributed by atoms with E-state index in [-0.39, 0.29) is 27.6 Å². The molecule has 2 saturated heterocycles. The minimum atomic E-state index is -3.94.